The molecule has 1 aromatic heterocycles. The first-order chi connectivity index (χ1) is 12.4. The summed E-state index contributed by atoms with van der Waals surface area (Å²) in [5.41, 5.74) is -0.0326. The van der Waals surface area contributed by atoms with E-state index >= 15 is 0 Å². The number of para-hydroxylation sites is 1. The highest BCUT2D eigenvalue weighted by Crippen LogP contribution is 2.31. The highest BCUT2D eigenvalue weighted by Gasteiger charge is 2.34. The molecule has 5 nitrogen and oxygen atoms in total. The fourth-order valence-electron chi connectivity index (χ4n) is 2.66. The molecule has 1 aliphatic rings. The average Bonchev–Trinajstić information content (AvgIpc) is 2.57. The molecule has 0 atom stereocenters. The van der Waals surface area contributed by atoms with Gasteiger partial charge in [0.15, 0.2) is 0 Å². The number of hydrogen-bond acceptors (Lipinski definition) is 4. The quantitative estimate of drug-likeness (QED) is 0.817. The van der Waals surface area contributed by atoms with Crippen LogP contribution in [-0.4, -0.2) is 42.1 Å². The zero-order valence-corrected chi connectivity index (χ0v) is 14.0. The van der Waals surface area contributed by atoms with Crippen LogP contribution in [0.1, 0.15) is 11.1 Å². The Hall–Kier alpha value is -2.77. The molecule has 8 heteroatoms. The third-order valence-electron chi connectivity index (χ3n) is 4.08. The summed E-state index contributed by atoms with van der Waals surface area (Å²) in [7, 11) is 1.54. The maximum atomic E-state index is 12.7. The van der Waals surface area contributed by atoms with Crippen LogP contribution in [0.15, 0.2) is 42.6 Å². The van der Waals surface area contributed by atoms with Gasteiger partial charge in [0.25, 0.3) is 0 Å². The lowest BCUT2D eigenvalue weighted by molar-refractivity contribution is -0.139. The van der Waals surface area contributed by atoms with Gasteiger partial charge in [-0.15, -0.1) is 0 Å². The molecule has 3 rings (SSSR count). The standard InChI is InChI=1S/C18H17F3N2O3/c1-25-15-5-3-2-4-12(15)8-17(24)23-10-14(11-23)26-16-9-13(6-7-22-16)18(19,20)21/h2-7,9,14H,8,10-11H2,1H3. The lowest BCUT2D eigenvalue weighted by Gasteiger charge is -2.38. The van der Waals surface area contributed by atoms with Crippen molar-refractivity contribution in [2.45, 2.75) is 18.7 Å². The SMILES string of the molecule is COc1ccccc1CC(=O)N1CC(Oc2cc(C(F)(F)F)ccn2)C1. The van der Waals surface area contributed by atoms with Crippen molar-refractivity contribution in [3.8, 4) is 11.6 Å². The van der Waals surface area contributed by atoms with E-state index in [9.17, 15) is 18.0 Å². The largest absolute Gasteiger partial charge is 0.496 e. The number of nitrogens with zero attached hydrogens (tertiary/aromatic N) is 2. The third kappa shape index (κ3) is 4.07. The van der Waals surface area contributed by atoms with E-state index in [1.54, 1.807) is 18.1 Å². The molecular formula is C18H17F3N2O3. The fraction of sp³-hybridized carbons (Fsp3) is 0.333. The van der Waals surface area contributed by atoms with Crippen molar-refractivity contribution in [1.29, 1.82) is 0 Å². The van der Waals surface area contributed by atoms with Crippen molar-refractivity contribution in [2.75, 3.05) is 20.2 Å². The summed E-state index contributed by atoms with van der Waals surface area (Å²) >= 11 is 0. The molecule has 0 bridgehead atoms. The first kappa shape index (κ1) is 18.0. The first-order valence-corrected chi connectivity index (χ1v) is 7.96. The molecule has 2 heterocycles. The zero-order chi connectivity index (χ0) is 18.7. The number of benzene rings is 1. The molecule has 1 amide bonds. The van der Waals surface area contributed by atoms with Crippen LogP contribution in [0.2, 0.25) is 0 Å². The Morgan fingerprint density at radius 1 is 1.27 bits per heavy atom. The Morgan fingerprint density at radius 2 is 2.00 bits per heavy atom. The number of carbonyl (C=O) groups excluding carboxylic acids is 1. The Kier molecular flexibility index (Phi) is 5.01. The first-order valence-electron chi connectivity index (χ1n) is 7.96. The van der Waals surface area contributed by atoms with Crippen LogP contribution in [0.3, 0.4) is 0 Å². The van der Waals surface area contributed by atoms with Crippen LogP contribution in [-0.2, 0) is 17.4 Å². The molecule has 0 spiro atoms. The second-order valence-electron chi connectivity index (χ2n) is 5.91. The summed E-state index contributed by atoms with van der Waals surface area (Å²) in [4.78, 5) is 17.7. The Bertz CT molecular complexity index is 789. The van der Waals surface area contributed by atoms with E-state index in [0.717, 1.165) is 23.9 Å². The van der Waals surface area contributed by atoms with E-state index in [-0.39, 0.29) is 24.3 Å². The molecule has 2 aromatic rings. The van der Waals surface area contributed by atoms with Crippen molar-refractivity contribution in [2.24, 2.45) is 0 Å². The second-order valence-corrected chi connectivity index (χ2v) is 5.91. The summed E-state index contributed by atoms with van der Waals surface area (Å²) in [6.45, 7) is 0.623. The molecule has 26 heavy (non-hydrogen) atoms. The average molecular weight is 366 g/mol. The van der Waals surface area contributed by atoms with Crippen molar-refractivity contribution < 1.29 is 27.4 Å². The molecule has 0 N–H and O–H groups in total. The van der Waals surface area contributed by atoms with Crippen LogP contribution in [0.5, 0.6) is 11.6 Å². The van der Waals surface area contributed by atoms with E-state index in [2.05, 4.69) is 4.98 Å². The maximum Gasteiger partial charge on any atom is 0.416 e. The van der Waals surface area contributed by atoms with E-state index in [4.69, 9.17) is 9.47 Å². The normalized spacial score (nSPS) is 14.7. The van der Waals surface area contributed by atoms with Crippen molar-refractivity contribution in [1.82, 2.24) is 9.88 Å². The molecule has 0 aliphatic carbocycles. The van der Waals surface area contributed by atoms with E-state index < -0.39 is 11.7 Å². The van der Waals surface area contributed by atoms with Gasteiger partial charge in [0.2, 0.25) is 11.8 Å². The topological polar surface area (TPSA) is 51.7 Å². The number of hydrogen-bond donors (Lipinski definition) is 0. The number of aromatic nitrogens is 1. The third-order valence-corrected chi connectivity index (χ3v) is 4.08. The molecule has 0 saturated carbocycles. The van der Waals surface area contributed by atoms with E-state index in [0.29, 0.717) is 18.8 Å². The van der Waals surface area contributed by atoms with Crippen LogP contribution in [0, 0.1) is 0 Å². The van der Waals surface area contributed by atoms with Gasteiger partial charge in [-0.05, 0) is 12.1 Å². The Morgan fingerprint density at radius 3 is 2.69 bits per heavy atom. The molecule has 1 aliphatic heterocycles. The van der Waals surface area contributed by atoms with Crippen molar-refractivity contribution in [3.05, 3.63) is 53.7 Å². The minimum Gasteiger partial charge on any atom is -0.496 e. The van der Waals surface area contributed by atoms with Crippen LogP contribution >= 0.6 is 0 Å². The van der Waals surface area contributed by atoms with Gasteiger partial charge in [-0.25, -0.2) is 4.98 Å². The number of amides is 1. The van der Waals surface area contributed by atoms with Gasteiger partial charge < -0.3 is 14.4 Å². The maximum absolute atomic E-state index is 12.7. The van der Waals surface area contributed by atoms with E-state index in [1.807, 2.05) is 18.2 Å². The Balaban J connectivity index is 1.54. The minimum absolute atomic E-state index is 0.0913. The van der Waals surface area contributed by atoms with Crippen molar-refractivity contribution >= 4 is 5.91 Å². The van der Waals surface area contributed by atoms with Gasteiger partial charge in [-0.1, -0.05) is 18.2 Å². The van der Waals surface area contributed by atoms with E-state index in [1.165, 1.54) is 0 Å². The van der Waals surface area contributed by atoms with Gasteiger partial charge in [-0.3, -0.25) is 4.79 Å². The molecule has 138 valence electrons. The van der Waals surface area contributed by atoms with Gasteiger partial charge in [0.05, 0.1) is 32.2 Å². The number of likely N-dealkylation sites (tertiary alicyclic amines) is 1. The highest BCUT2D eigenvalue weighted by molar-refractivity contribution is 5.80. The number of carbonyl (C=O) groups is 1. The molecule has 0 unspecified atom stereocenters. The number of methoxy groups -OCH3 is 1. The minimum atomic E-state index is -4.45. The predicted molar refractivity (Wildman–Crippen MR) is 86.9 cm³/mol. The molecule has 0 radical (unpaired) electrons. The molecule has 1 fully saturated rings. The summed E-state index contributed by atoms with van der Waals surface area (Å²) in [5.74, 6) is 0.454. The highest BCUT2D eigenvalue weighted by atomic mass is 19.4. The number of ether oxygens (including phenoxy) is 2. The zero-order valence-electron chi connectivity index (χ0n) is 14.0. The number of alkyl halides is 3. The van der Waals surface area contributed by atoms with Crippen LogP contribution in [0.25, 0.3) is 0 Å². The molecular weight excluding hydrogens is 349 g/mol. The summed E-state index contributed by atoms with van der Waals surface area (Å²) in [6.07, 6.45) is -3.57. The van der Waals surface area contributed by atoms with Gasteiger partial charge in [0.1, 0.15) is 11.9 Å². The number of rotatable bonds is 5. The summed E-state index contributed by atoms with van der Waals surface area (Å²) in [6, 6.07) is 8.99. The van der Waals surface area contributed by atoms with Gasteiger partial charge in [0, 0.05) is 17.8 Å². The second kappa shape index (κ2) is 7.23. The molecule has 1 aromatic carbocycles. The Labute approximate surface area is 148 Å². The summed E-state index contributed by atoms with van der Waals surface area (Å²) < 4.78 is 48.7. The lowest BCUT2D eigenvalue weighted by Crippen LogP contribution is -2.56. The fourth-order valence-corrected chi connectivity index (χ4v) is 2.66. The van der Waals surface area contributed by atoms with Gasteiger partial charge >= 0.3 is 6.18 Å². The van der Waals surface area contributed by atoms with Gasteiger partial charge in [-0.2, -0.15) is 13.2 Å². The smallest absolute Gasteiger partial charge is 0.416 e. The number of halogens is 3. The van der Waals surface area contributed by atoms with Crippen LogP contribution in [0.4, 0.5) is 13.2 Å². The van der Waals surface area contributed by atoms with Crippen molar-refractivity contribution in [3.63, 3.8) is 0 Å². The summed E-state index contributed by atoms with van der Waals surface area (Å²) in [5, 5.41) is 0. The predicted octanol–water partition coefficient (Wildman–Crippen LogP) is 2.94. The molecule has 1 saturated heterocycles. The number of pyridine rings is 1. The van der Waals surface area contributed by atoms with Crippen LogP contribution < -0.4 is 9.47 Å². The lowest BCUT2D eigenvalue weighted by atomic mass is 10.1. The monoisotopic (exact) mass is 366 g/mol.